The van der Waals surface area contributed by atoms with E-state index in [-0.39, 0.29) is 30.6 Å². The van der Waals surface area contributed by atoms with Crippen LogP contribution in [0.15, 0.2) is 95.9 Å². The lowest BCUT2D eigenvalue weighted by molar-refractivity contribution is -0.139. The van der Waals surface area contributed by atoms with E-state index in [4.69, 9.17) is 9.47 Å². The van der Waals surface area contributed by atoms with Gasteiger partial charge in [-0.05, 0) is 128 Å². The minimum atomic E-state index is -1.23. The molecule has 4 unspecified atom stereocenters. The first-order chi connectivity index (χ1) is 27.0. The molecule has 8 rings (SSSR count). The molecular weight excluding hydrogens is 739 g/mol. The van der Waals surface area contributed by atoms with Gasteiger partial charge in [-0.2, -0.15) is 0 Å². The highest BCUT2D eigenvalue weighted by Crippen LogP contribution is 2.59. The summed E-state index contributed by atoms with van der Waals surface area (Å²) in [4.78, 5) is 32.8. The zero-order valence-electron chi connectivity index (χ0n) is 32.9. The molecule has 294 valence electrons. The Balaban J connectivity index is 1.27. The minimum Gasteiger partial charge on any atom is -0.493 e. The fraction of sp³-hybridized carbons (Fsp3) is 0.404. The van der Waals surface area contributed by atoms with E-state index in [1.165, 1.54) is 21.8 Å². The number of hydrogen-bond donors (Lipinski definition) is 2. The van der Waals surface area contributed by atoms with Crippen LogP contribution in [0.5, 0.6) is 11.5 Å². The fourth-order valence-corrected chi connectivity index (χ4v) is 10.7. The van der Waals surface area contributed by atoms with Crippen molar-refractivity contribution in [3.05, 3.63) is 128 Å². The Labute approximate surface area is 338 Å². The van der Waals surface area contributed by atoms with E-state index < -0.39 is 17.1 Å². The standard InChI is InChI=1S/C47H53NO6S2/c1-31-9-7-21-46(2)39(37-17-14-32(25-35(49)16-13-31)26-38(37)45(51)43-29-34-10-5-6-12-42(34)56-43)19-22-47(46,52)30-48(23-20-36-11-8-24-55-36)44(50)28-33-15-18-40(53-3)41(27-33)54-4/h5-6,8-12,14-15,17-18,24,26-27,29,35,39,49,52H,7,13,16,19-23,25,28,30H2,1-4H3. The number of hydrogen-bond acceptors (Lipinski definition) is 8. The molecule has 9 heteroatoms. The zero-order chi connectivity index (χ0) is 39.5. The Morgan fingerprint density at radius 3 is 2.54 bits per heavy atom. The number of aliphatic hydroxyl groups excluding tert-OH is 1. The van der Waals surface area contributed by atoms with E-state index in [2.05, 4.69) is 43.5 Å². The third kappa shape index (κ3) is 8.37. The first kappa shape index (κ1) is 39.9. The van der Waals surface area contributed by atoms with Gasteiger partial charge in [-0.3, -0.25) is 9.59 Å². The SMILES string of the molecule is COc1ccc(CC(=O)N(CCc2cccs2)CC2(O)CCC3c4ccc(cc4C(=O)c4cc5ccccc5s4)CC(O)CCC(C)=CCCC32C)cc1OC. The molecule has 3 aliphatic carbocycles. The molecule has 0 spiro atoms. The maximum atomic E-state index is 14.7. The van der Waals surface area contributed by atoms with E-state index in [1.807, 2.05) is 65.6 Å². The van der Waals surface area contributed by atoms with E-state index >= 15 is 0 Å². The highest BCUT2D eigenvalue weighted by Gasteiger charge is 2.57. The number of benzene rings is 3. The van der Waals surface area contributed by atoms with Gasteiger partial charge in [-0.1, -0.05) is 61.0 Å². The number of carbonyl (C=O) groups excluding carboxylic acids is 2. The fourth-order valence-electron chi connectivity index (χ4n) is 9.01. The van der Waals surface area contributed by atoms with Crippen LogP contribution in [0.25, 0.3) is 10.1 Å². The Bertz CT molecular complexity index is 2170. The molecule has 1 saturated carbocycles. The van der Waals surface area contributed by atoms with Crippen molar-refractivity contribution in [3.8, 4) is 11.5 Å². The van der Waals surface area contributed by atoms with Crippen LogP contribution in [0, 0.1) is 5.41 Å². The van der Waals surface area contributed by atoms with Crippen LogP contribution in [0.2, 0.25) is 0 Å². The summed E-state index contributed by atoms with van der Waals surface area (Å²) in [5, 5.41) is 27.3. The number of carbonyl (C=O) groups is 2. The molecule has 4 atom stereocenters. The van der Waals surface area contributed by atoms with Gasteiger partial charge in [0, 0.05) is 33.6 Å². The molecule has 56 heavy (non-hydrogen) atoms. The lowest BCUT2D eigenvalue weighted by Crippen LogP contribution is -2.54. The van der Waals surface area contributed by atoms with Crippen LogP contribution in [0.1, 0.15) is 95.1 Å². The molecule has 2 aromatic heterocycles. The van der Waals surface area contributed by atoms with Crippen LogP contribution in [0.3, 0.4) is 0 Å². The summed E-state index contributed by atoms with van der Waals surface area (Å²) in [6.45, 7) is 4.96. The average Bonchev–Trinajstić information content (AvgIpc) is 3.94. The van der Waals surface area contributed by atoms with Crippen LogP contribution in [-0.4, -0.2) is 65.8 Å². The number of nitrogens with zero attached hydrogens (tertiary/aromatic N) is 1. The monoisotopic (exact) mass is 791 g/mol. The summed E-state index contributed by atoms with van der Waals surface area (Å²) in [7, 11) is 3.18. The lowest BCUT2D eigenvalue weighted by atomic mass is 9.64. The van der Waals surface area contributed by atoms with Crippen molar-refractivity contribution in [1.82, 2.24) is 4.90 Å². The molecule has 7 nitrogen and oxygen atoms in total. The molecule has 1 fully saturated rings. The highest BCUT2D eigenvalue weighted by molar-refractivity contribution is 7.21. The summed E-state index contributed by atoms with van der Waals surface area (Å²) >= 11 is 3.18. The predicted molar refractivity (Wildman–Crippen MR) is 227 cm³/mol. The third-order valence-electron chi connectivity index (χ3n) is 12.4. The molecule has 3 aromatic carbocycles. The van der Waals surface area contributed by atoms with Gasteiger partial charge in [0.1, 0.15) is 0 Å². The van der Waals surface area contributed by atoms with Crippen molar-refractivity contribution in [3.63, 3.8) is 0 Å². The van der Waals surface area contributed by atoms with Gasteiger partial charge in [0.25, 0.3) is 0 Å². The second-order valence-electron chi connectivity index (χ2n) is 15.9. The molecule has 0 aliphatic heterocycles. The number of methoxy groups -OCH3 is 2. The van der Waals surface area contributed by atoms with Crippen molar-refractivity contribution >= 4 is 44.5 Å². The number of fused-ring (bicyclic) bond motifs is 9. The maximum Gasteiger partial charge on any atom is 0.227 e. The number of amides is 1. The van der Waals surface area contributed by atoms with Crippen LogP contribution >= 0.6 is 22.7 Å². The second-order valence-corrected chi connectivity index (χ2v) is 18.1. The van der Waals surface area contributed by atoms with Crippen LogP contribution in [0.4, 0.5) is 0 Å². The largest absolute Gasteiger partial charge is 0.493 e. The van der Waals surface area contributed by atoms with E-state index in [0.29, 0.717) is 67.0 Å². The summed E-state index contributed by atoms with van der Waals surface area (Å²) in [5.41, 5.74) is 2.64. The summed E-state index contributed by atoms with van der Waals surface area (Å²) in [6.07, 6.45) is 7.04. The minimum absolute atomic E-state index is 0.0270. The molecule has 2 N–H and O–H groups in total. The number of allylic oxidation sites excluding steroid dienone is 2. The Kier molecular flexibility index (Phi) is 12.2. The van der Waals surface area contributed by atoms with E-state index in [0.717, 1.165) is 39.6 Å². The van der Waals surface area contributed by atoms with E-state index in [1.54, 1.807) is 25.6 Å². The number of thiophene rings is 2. The molecule has 3 aliphatic rings. The van der Waals surface area contributed by atoms with Crippen molar-refractivity contribution in [2.45, 2.75) is 89.3 Å². The average molecular weight is 792 g/mol. The first-order valence-electron chi connectivity index (χ1n) is 19.7. The van der Waals surface area contributed by atoms with Crippen molar-refractivity contribution in [2.75, 3.05) is 27.3 Å². The predicted octanol–water partition coefficient (Wildman–Crippen LogP) is 9.56. The second kappa shape index (κ2) is 17.1. The quantitative estimate of drug-likeness (QED) is 0.102. The van der Waals surface area contributed by atoms with Crippen molar-refractivity contribution < 1.29 is 29.3 Å². The Morgan fingerprint density at radius 2 is 1.77 bits per heavy atom. The highest BCUT2D eigenvalue weighted by atomic mass is 32.1. The van der Waals surface area contributed by atoms with Gasteiger partial charge >= 0.3 is 0 Å². The number of aliphatic hydroxyl groups is 2. The molecule has 2 bridgehead atoms. The van der Waals surface area contributed by atoms with E-state index in [9.17, 15) is 19.8 Å². The Morgan fingerprint density at radius 1 is 0.946 bits per heavy atom. The number of ketones is 1. The molecular formula is C47H53NO6S2. The van der Waals surface area contributed by atoms with Gasteiger partial charge in [0.05, 0.1) is 37.2 Å². The summed E-state index contributed by atoms with van der Waals surface area (Å²) in [5.74, 6) is 0.939. The van der Waals surface area contributed by atoms with Gasteiger partial charge in [-0.25, -0.2) is 0 Å². The molecule has 0 saturated heterocycles. The first-order valence-corrected chi connectivity index (χ1v) is 21.4. The molecule has 1 amide bonds. The number of ether oxygens (including phenoxy) is 2. The molecule has 2 heterocycles. The lowest BCUT2D eigenvalue weighted by Gasteiger charge is -2.46. The van der Waals surface area contributed by atoms with Crippen molar-refractivity contribution in [2.24, 2.45) is 5.41 Å². The molecule has 5 aromatic rings. The van der Waals surface area contributed by atoms with Gasteiger partial charge < -0.3 is 24.6 Å². The topological polar surface area (TPSA) is 96.3 Å². The third-order valence-corrected chi connectivity index (χ3v) is 14.4. The normalized spacial score (nSPS) is 22.6. The number of rotatable bonds is 11. The summed E-state index contributed by atoms with van der Waals surface area (Å²) < 4.78 is 12.1. The van der Waals surface area contributed by atoms with Gasteiger partial charge in [0.15, 0.2) is 11.5 Å². The van der Waals surface area contributed by atoms with Crippen molar-refractivity contribution in [1.29, 1.82) is 0 Å². The molecule has 0 radical (unpaired) electrons. The zero-order valence-corrected chi connectivity index (χ0v) is 34.5. The Hall–Kier alpha value is -4.28. The van der Waals surface area contributed by atoms with Gasteiger partial charge in [-0.15, -0.1) is 22.7 Å². The van der Waals surface area contributed by atoms with Gasteiger partial charge in [0.2, 0.25) is 11.7 Å². The summed E-state index contributed by atoms with van der Waals surface area (Å²) in [6, 6.07) is 25.9. The maximum absolute atomic E-state index is 14.7. The van der Waals surface area contributed by atoms with Crippen LogP contribution < -0.4 is 9.47 Å². The smallest absolute Gasteiger partial charge is 0.227 e. The van der Waals surface area contributed by atoms with Crippen LogP contribution in [-0.2, 0) is 24.1 Å².